The summed E-state index contributed by atoms with van der Waals surface area (Å²) in [6, 6.07) is 8.82. The second kappa shape index (κ2) is 4.56. The van der Waals surface area contributed by atoms with E-state index in [0.717, 1.165) is 0 Å². The number of piperidine rings is 1. The quantitative estimate of drug-likeness (QED) is 0.731. The zero-order valence-electron chi connectivity index (χ0n) is 9.74. The average molecular weight is 204 g/mol. The number of rotatable bonds is 2. The van der Waals surface area contributed by atoms with Gasteiger partial charge in [0.25, 0.3) is 0 Å². The molecule has 2 rings (SSSR count). The topological polar surface area (TPSA) is 6.48 Å². The van der Waals surface area contributed by atoms with Crippen molar-refractivity contribution >= 4 is 11.4 Å². The van der Waals surface area contributed by atoms with Gasteiger partial charge in [0, 0.05) is 38.6 Å². The summed E-state index contributed by atoms with van der Waals surface area (Å²) in [4.78, 5) is 4.66. The maximum atomic E-state index is 2.50. The highest BCUT2D eigenvalue weighted by molar-refractivity contribution is 5.58. The van der Waals surface area contributed by atoms with Crippen LogP contribution in [0.4, 0.5) is 11.4 Å². The fourth-order valence-corrected chi connectivity index (χ4v) is 2.12. The highest BCUT2D eigenvalue weighted by Gasteiger charge is 2.10. The molecule has 0 N–H and O–H groups in total. The van der Waals surface area contributed by atoms with Crippen LogP contribution < -0.4 is 9.80 Å². The Morgan fingerprint density at radius 1 is 1.07 bits per heavy atom. The molecule has 0 spiro atoms. The van der Waals surface area contributed by atoms with Crippen LogP contribution >= 0.6 is 0 Å². The summed E-state index contributed by atoms with van der Waals surface area (Å²) in [5, 5.41) is 0. The lowest BCUT2D eigenvalue weighted by Crippen LogP contribution is -2.29. The van der Waals surface area contributed by atoms with Crippen molar-refractivity contribution in [2.24, 2.45) is 0 Å². The zero-order chi connectivity index (χ0) is 10.7. The van der Waals surface area contributed by atoms with Gasteiger partial charge in [0.1, 0.15) is 0 Å². The normalized spacial score (nSPS) is 16.5. The van der Waals surface area contributed by atoms with E-state index >= 15 is 0 Å². The summed E-state index contributed by atoms with van der Waals surface area (Å²) >= 11 is 0. The maximum Gasteiger partial charge on any atom is 0.0386 e. The number of benzene rings is 1. The standard InChI is InChI=1S/C13H20N2/c1-14(2)12-7-6-8-13(11-12)15-9-4-3-5-10-15/h6-8,11H,3-5,9-10H2,1-2H3. The van der Waals surface area contributed by atoms with Gasteiger partial charge in [0.05, 0.1) is 0 Å². The highest BCUT2D eigenvalue weighted by atomic mass is 15.1. The molecule has 82 valence electrons. The predicted molar refractivity (Wildman–Crippen MR) is 66.8 cm³/mol. The Kier molecular flexibility index (Phi) is 3.14. The molecule has 2 nitrogen and oxygen atoms in total. The van der Waals surface area contributed by atoms with Crippen LogP contribution in [-0.2, 0) is 0 Å². The van der Waals surface area contributed by atoms with Gasteiger partial charge in [0.15, 0.2) is 0 Å². The van der Waals surface area contributed by atoms with E-state index in [2.05, 4.69) is 48.2 Å². The first-order valence-corrected chi connectivity index (χ1v) is 5.80. The lowest BCUT2D eigenvalue weighted by atomic mass is 10.1. The van der Waals surface area contributed by atoms with Gasteiger partial charge in [-0.15, -0.1) is 0 Å². The van der Waals surface area contributed by atoms with Gasteiger partial charge in [-0.3, -0.25) is 0 Å². The lowest BCUT2D eigenvalue weighted by Gasteiger charge is -2.29. The third-order valence-corrected chi connectivity index (χ3v) is 3.07. The van der Waals surface area contributed by atoms with E-state index < -0.39 is 0 Å². The van der Waals surface area contributed by atoms with Crippen LogP contribution in [0.5, 0.6) is 0 Å². The molecule has 0 amide bonds. The van der Waals surface area contributed by atoms with E-state index in [1.165, 1.54) is 43.7 Å². The third kappa shape index (κ3) is 2.44. The van der Waals surface area contributed by atoms with Crippen molar-refractivity contribution in [3.8, 4) is 0 Å². The number of hydrogen-bond donors (Lipinski definition) is 0. The van der Waals surface area contributed by atoms with E-state index in [-0.39, 0.29) is 0 Å². The third-order valence-electron chi connectivity index (χ3n) is 3.07. The van der Waals surface area contributed by atoms with Gasteiger partial charge < -0.3 is 9.80 Å². The van der Waals surface area contributed by atoms with Gasteiger partial charge in [-0.25, -0.2) is 0 Å². The van der Waals surface area contributed by atoms with Crippen molar-refractivity contribution in [2.75, 3.05) is 37.0 Å². The second-order valence-corrected chi connectivity index (χ2v) is 4.46. The minimum Gasteiger partial charge on any atom is -0.378 e. The molecule has 0 aromatic heterocycles. The van der Waals surface area contributed by atoms with Crippen LogP contribution in [-0.4, -0.2) is 27.2 Å². The first-order valence-electron chi connectivity index (χ1n) is 5.80. The SMILES string of the molecule is CN(C)c1cccc(N2CCCCC2)c1. The van der Waals surface area contributed by atoms with E-state index in [1.807, 2.05) is 0 Å². The van der Waals surface area contributed by atoms with Crippen molar-refractivity contribution in [1.29, 1.82) is 0 Å². The van der Waals surface area contributed by atoms with Crippen LogP contribution in [0.3, 0.4) is 0 Å². The monoisotopic (exact) mass is 204 g/mol. The average Bonchev–Trinajstić information content (AvgIpc) is 2.30. The molecule has 2 heteroatoms. The van der Waals surface area contributed by atoms with Gasteiger partial charge in [0.2, 0.25) is 0 Å². The molecule has 0 bridgehead atoms. The van der Waals surface area contributed by atoms with Gasteiger partial charge in [-0.05, 0) is 37.5 Å². The Hall–Kier alpha value is -1.18. The molecule has 0 unspecified atom stereocenters. The second-order valence-electron chi connectivity index (χ2n) is 4.46. The first kappa shape index (κ1) is 10.3. The molecular weight excluding hydrogens is 184 g/mol. The molecule has 1 aliphatic heterocycles. The molecular formula is C13H20N2. The van der Waals surface area contributed by atoms with Crippen molar-refractivity contribution in [1.82, 2.24) is 0 Å². The largest absolute Gasteiger partial charge is 0.378 e. The summed E-state index contributed by atoms with van der Waals surface area (Å²) < 4.78 is 0. The fraction of sp³-hybridized carbons (Fsp3) is 0.538. The molecule has 1 heterocycles. The molecule has 1 fully saturated rings. The number of anilines is 2. The molecule has 1 saturated heterocycles. The smallest absolute Gasteiger partial charge is 0.0386 e. The Balaban J connectivity index is 2.16. The maximum absolute atomic E-state index is 2.50. The number of nitrogens with zero attached hydrogens (tertiary/aromatic N) is 2. The first-order chi connectivity index (χ1) is 7.27. The Labute approximate surface area is 92.5 Å². The fourth-order valence-electron chi connectivity index (χ4n) is 2.12. The van der Waals surface area contributed by atoms with Crippen molar-refractivity contribution in [3.63, 3.8) is 0 Å². The summed E-state index contributed by atoms with van der Waals surface area (Å²) in [7, 11) is 4.19. The minimum atomic E-state index is 1.22. The Morgan fingerprint density at radius 2 is 1.80 bits per heavy atom. The number of hydrogen-bond acceptors (Lipinski definition) is 2. The van der Waals surface area contributed by atoms with Crippen LogP contribution in [0.2, 0.25) is 0 Å². The van der Waals surface area contributed by atoms with Gasteiger partial charge >= 0.3 is 0 Å². The van der Waals surface area contributed by atoms with Gasteiger partial charge in [-0.2, -0.15) is 0 Å². The van der Waals surface area contributed by atoms with Gasteiger partial charge in [-0.1, -0.05) is 6.07 Å². The van der Waals surface area contributed by atoms with E-state index in [4.69, 9.17) is 0 Å². The van der Waals surface area contributed by atoms with Crippen LogP contribution in [0.15, 0.2) is 24.3 Å². The summed E-state index contributed by atoms with van der Waals surface area (Å²) in [6.45, 7) is 2.44. The Bertz CT molecular complexity index is 314. The summed E-state index contributed by atoms with van der Waals surface area (Å²) in [6.07, 6.45) is 4.07. The van der Waals surface area contributed by atoms with Crippen molar-refractivity contribution < 1.29 is 0 Å². The molecule has 1 aliphatic rings. The van der Waals surface area contributed by atoms with Crippen LogP contribution in [0.1, 0.15) is 19.3 Å². The van der Waals surface area contributed by atoms with E-state index in [1.54, 1.807) is 0 Å². The Morgan fingerprint density at radius 3 is 2.47 bits per heavy atom. The van der Waals surface area contributed by atoms with Crippen molar-refractivity contribution in [3.05, 3.63) is 24.3 Å². The molecule has 1 aromatic carbocycles. The zero-order valence-corrected chi connectivity index (χ0v) is 9.74. The van der Waals surface area contributed by atoms with E-state index in [9.17, 15) is 0 Å². The minimum absolute atomic E-state index is 1.22. The highest BCUT2D eigenvalue weighted by Crippen LogP contribution is 2.23. The van der Waals surface area contributed by atoms with Crippen LogP contribution in [0, 0.1) is 0 Å². The van der Waals surface area contributed by atoms with E-state index in [0.29, 0.717) is 0 Å². The van der Waals surface area contributed by atoms with Crippen molar-refractivity contribution in [2.45, 2.75) is 19.3 Å². The molecule has 0 radical (unpaired) electrons. The summed E-state index contributed by atoms with van der Waals surface area (Å²) in [5.74, 6) is 0. The molecule has 0 saturated carbocycles. The summed E-state index contributed by atoms with van der Waals surface area (Å²) in [5.41, 5.74) is 2.67. The molecule has 0 aliphatic carbocycles. The lowest BCUT2D eigenvalue weighted by molar-refractivity contribution is 0.578. The molecule has 1 aromatic rings. The molecule has 15 heavy (non-hydrogen) atoms. The molecule has 0 atom stereocenters. The van der Waals surface area contributed by atoms with Crippen LogP contribution in [0.25, 0.3) is 0 Å². The predicted octanol–water partition coefficient (Wildman–Crippen LogP) is 2.74.